The van der Waals surface area contributed by atoms with Crippen LogP contribution in [-0.2, 0) is 27.9 Å². The molecule has 0 saturated carbocycles. The normalized spacial score (nSPS) is 12.0. The number of benzene rings is 3. The molecule has 8 heteroatoms. The highest BCUT2D eigenvalue weighted by molar-refractivity contribution is 7.88. The standard InChI is InChI=1S/C24H24ClN3O3S/c1-3-28-22-7-5-4-6-20(22)21-14-19(12-13-23(21)28)26-24(29)16-27(32(2,30)31)15-17-8-10-18(25)11-9-17/h4-14H,3,15-16H2,1-2H3,(H,26,29). The van der Waals surface area contributed by atoms with Crippen molar-refractivity contribution in [3.8, 4) is 0 Å². The lowest BCUT2D eigenvalue weighted by Crippen LogP contribution is -2.36. The van der Waals surface area contributed by atoms with Crippen LogP contribution in [0.2, 0.25) is 5.02 Å². The highest BCUT2D eigenvalue weighted by atomic mass is 35.5. The van der Waals surface area contributed by atoms with Gasteiger partial charge in [-0.15, -0.1) is 0 Å². The summed E-state index contributed by atoms with van der Waals surface area (Å²) in [6.07, 6.45) is 1.10. The third-order valence-corrected chi connectivity index (χ3v) is 6.88. The zero-order valence-electron chi connectivity index (χ0n) is 17.9. The smallest absolute Gasteiger partial charge is 0.239 e. The number of carbonyl (C=O) groups is 1. The highest BCUT2D eigenvalue weighted by Crippen LogP contribution is 2.31. The van der Waals surface area contributed by atoms with Gasteiger partial charge in [-0.2, -0.15) is 4.31 Å². The van der Waals surface area contributed by atoms with E-state index in [1.165, 1.54) is 0 Å². The second-order valence-corrected chi connectivity index (χ2v) is 10.1. The molecule has 0 fully saturated rings. The number of aryl methyl sites for hydroxylation is 1. The van der Waals surface area contributed by atoms with Crippen LogP contribution >= 0.6 is 11.6 Å². The fourth-order valence-electron chi connectivity index (χ4n) is 3.92. The molecule has 3 aromatic carbocycles. The van der Waals surface area contributed by atoms with E-state index in [0.717, 1.165) is 44.5 Å². The Morgan fingerprint density at radius 1 is 1.00 bits per heavy atom. The quantitative estimate of drug-likeness (QED) is 0.419. The Morgan fingerprint density at radius 3 is 2.38 bits per heavy atom. The number of nitrogens with one attached hydrogen (secondary N) is 1. The van der Waals surface area contributed by atoms with Gasteiger partial charge in [0.2, 0.25) is 15.9 Å². The van der Waals surface area contributed by atoms with Gasteiger partial charge in [0.05, 0.1) is 12.8 Å². The minimum absolute atomic E-state index is 0.0897. The van der Waals surface area contributed by atoms with E-state index >= 15 is 0 Å². The SMILES string of the molecule is CCn1c2ccccc2c2cc(NC(=O)CN(Cc3ccc(Cl)cc3)S(C)(=O)=O)ccc21. The molecule has 0 saturated heterocycles. The van der Waals surface area contributed by atoms with Crippen molar-refractivity contribution in [3.05, 3.63) is 77.3 Å². The fourth-order valence-corrected chi connectivity index (χ4v) is 4.78. The van der Waals surface area contributed by atoms with Crippen molar-refractivity contribution in [2.45, 2.75) is 20.0 Å². The number of carbonyl (C=O) groups excluding carboxylic acids is 1. The topological polar surface area (TPSA) is 71.4 Å². The van der Waals surface area contributed by atoms with E-state index in [-0.39, 0.29) is 13.1 Å². The van der Waals surface area contributed by atoms with Crippen LogP contribution in [0.1, 0.15) is 12.5 Å². The van der Waals surface area contributed by atoms with Gasteiger partial charge in [0.1, 0.15) is 0 Å². The molecule has 0 aliphatic heterocycles. The minimum atomic E-state index is -3.59. The van der Waals surface area contributed by atoms with Crippen LogP contribution in [0, 0.1) is 0 Å². The molecule has 1 heterocycles. The first kappa shape index (κ1) is 22.3. The Labute approximate surface area is 192 Å². The number of rotatable bonds is 7. The molecule has 166 valence electrons. The van der Waals surface area contributed by atoms with Crippen LogP contribution in [0.3, 0.4) is 0 Å². The molecule has 4 rings (SSSR count). The first-order valence-corrected chi connectivity index (χ1v) is 12.5. The number of nitrogens with zero attached hydrogens (tertiary/aromatic N) is 2. The van der Waals surface area contributed by atoms with Gasteiger partial charge in [0.25, 0.3) is 0 Å². The maximum atomic E-state index is 12.7. The molecule has 0 radical (unpaired) electrons. The number of halogens is 1. The number of aromatic nitrogens is 1. The van der Waals surface area contributed by atoms with Crippen LogP contribution in [-0.4, -0.2) is 36.0 Å². The van der Waals surface area contributed by atoms with Crippen molar-refractivity contribution < 1.29 is 13.2 Å². The molecule has 0 aliphatic rings. The van der Waals surface area contributed by atoms with Crippen molar-refractivity contribution in [1.82, 2.24) is 8.87 Å². The van der Waals surface area contributed by atoms with Crippen LogP contribution in [0.15, 0.2) is 66.7 Å². The van der Waals surface area contributed by atoms with Crippen molar-refractivity contribution in [2.75, 3.05) is 18.1 Å². The third kappa shape index (κ3) is 4.65. The summed E-state index contributed by atoms with van der Waals surface area (Å²) in [4.78, 5) is 12.7. The van der Waals surface area contributed by atoms with E-state index in [2.05, 4.69) is 28.9 Å². The number of sulfonamides is 1. The second-order valence-electron chi connectivity index (χ2n) is 7.70. The van der Waals surface area contributed by atoms with Gasteiger partial charge < -0.3 is 9.88 Å². The van der Waals surface area contributed by atoms with Gasteiger partial charge in [0.15, 0.2) is 0 Å². The van der Waals surface area contributed by atoms with E-state index in [4.69, 9.17) is 11.6 Å². The summed E-state index contributed by atoms with van der Waals surface area (Å²) in [5.74, 6) is -0.400. The highest BCUT2D eigenvalue weighted by Gasteiger charge is 2.21. The summed E-state index contributed by atoms with van der Waals surface area (Å²) in [6.45, 7) is 2.74. The van der Waals surface area contributed by atoms with Crippen LogP contribution in [0.4, 0.5) is 5.69 Å². The van der Waals surface area contributed by atoms with E-state index < -0.39 is 15.9 Å². The summed E-state index contributed by atoms with van der Waals surface area (Å²) >= 11 is 5.90. The van der Waals surface area contributed by atoms with Crippen LogP contribution in [0.25, 0.3) is 21.8 Å². The summed E-state index contributed by atoms with van der Waals surface area (Å²) in [5.41, 5.74) is 3.61. The maximum absolute atomic E-state index is 12.7. The number of para-hydroxylation sites is 1. The second kappa shape index (κ2) is 8.94. The van der Waals surface area contributed by atoms with Gasteiger partial charge in [-0.1, -0.05) is 41.9 Å². The first-order chi connectivity index (χ1) is 15.3. The number of hydrogen-bond acceptors (Lipinski definition) is 3. The van der Waals surface area contributed by atoms with Gasteiger partial charge in [-0.3, -0.25) is 4.79 Å². The Morgan fingerprint density at radius 2 is 1.69 bits per heavy atom. The van der Waals surface area contributed by atoms with E-state index in [1.807, 2.05) is 30.3 Å². The van der Waals surface area contributed by atoms with Gasteiger partial charge in [-0.05, 0) is 48.9 Å². The van der Waals surface area contributed by atoms with Gasteiger partial charge >= 0.3 is 0 Å². The predicted molar refractivity (Wildman–Crippen MR) is 130 cm³/mol. The van der Waals surface area contributed by atoms with Gasteiger partial charge in [-0.25, -0.2) is 8.42 Å². The average molecular weight is 470 g/mol. The lowest BCUT2D eigenvalue weighted by Gasteiger charge is -2.19. The molecule has 1 amide bonds. The summed E-state index contributed by atoms with van der Waals surface area (Å²) in [6, 6.07) is 20.8. The first-order valence-electron chi connectivity index (χ1n) is 10.3. The van der Waals surface area contributed by atoms with Crippen molar-refractivity contribution >= 4 is 55.0 Å². The summed E-state index contributed by atoms with van der Waals surface area (Å²) < 4.78 is 27.9. The largest absolute Gasteiger partial charge is 0.341 e. The number of amides is 1. The van der Waals surface area contributed by atoms with Crippen LogP contribution in [0.5, 0.6) is 0 Å². The molecule has 0 bridgehead atoms. The molecular formula is C24H24ClN3O3S. The zero-order valence-corrected chi connectivity index (χ0v) is 19.4. The lowest BCUT2D eigenvalue weighted by molar-refractivity contribution is -0.116. The van der Waals surface area contributed by atoms with E-state index in [1.54, 1.807) is 24.3 Å². The molecule has 6 nitrogen and oxygen atoms in total. The minimum Gasteiger partial charge on any atom is -0.341 e. The van der Waals surface area contributed by atoms with Gasteiger partial charge in [0, 0.05) is 45.6 Å². The predicted octanol–water partition coefficient (Wildman–Crippen LogP) is 4.87. The van der Waals surface area contributed by atoms with Crippen molar-refractivity contribution in [1.29, 1.82) is 0 Å². The molecule has 1 aromatic heterocycles. The lowest BCUT2D eigenvalue weighted by atomic mass is 10.1. The number of anilines is 1. The molecule has 0 spiro atoms. The molecule has 0 unspecified atom stereocenters. The Hall–Kier alpha value is -2.87. The Kier molecular flexibility index (Phi) is 6.24. The Balaban J connectivity index is 1.57. The van der Waals surface area contributed by atoms with E-state index in [9.17, 15) is 13.2 Å². The van der Waals surface area contributed by atoms with E-state index in [0.29, 0.717) is 10.7 Å². The maximum Gasteiger partial charge on any atom is 0.239 e. The zero-order chi connectivity index (χ0) is 22.9. The molecule has 0 aliphatic carbocycles. The molecule has 32 heavy (non-hydrogen) atoms. The molecule has 1 N–H and O–H groups in total. The number of fused-ring (bicyclic) bond motifs is 3. The monoisotopic (exact) mass is 469 g/mol. The Bertz CT molecular complexity index is 1400. The van der Waals surface area contributed by atoms with Crippen molar-refractivity contribution in [2.24, 2.45) is 0 Å². The average Bonchev–Trinajstić information content (AvgIpc) is 3.07. The molecule has 0 atom stereocenters. The molecule has 4 aromatic rings. The van der Waals surface area contributed by atoms with Crippen LogP contribution < -0.4 is 5.32 Å². The summed E-state index contributed by atoms with van der Waals surface area (Å²) in [7, 11) is -3.59. The third-order valence-electron chi connectivity index (χ3n) is 5.43. The number of hydrogen-bond donors (Lipinski definition) is 1. The molecular weight excluding hydrogens is 446 g/mol. The van der Waals surface area contributed by atoms with Crippen molar-refractivity contribution in [3.63, 3.8) is 0 Å². The summed E-state index contributed by atoms with van der Waals surface area (Å²) in [5, 5.41) is 5.57. The fraction of sp³-hybridized carbons (Fsp3) is 0.208.